The van der Waals surface area contributed by atoms with Crippen molar-refractivity contribution < 1.29 is 9.18 Å². The molecule has 4 nitrogen and oxygen atoms in total. The molecule has 22 heavy (non-hydrogen) atoms. The average Bonchev–Trinajstić information content (AvgIpc) is 2.87. The number of aromatic nitrogens is 2. The molecule has 1 aromatic carbocycles. The van der Waals surface area contributed by atoms with Crippen LogP contribution in [0.5, 0.6) is 0 Å². The minimum Gasteiger partial charge on any atom is -0.319 e. The Bertz CT molecular complexity index is 894. The Kier molecular flexibility index (Phi) is 3.95. The molecule has 0 bridgehead atoms. The third-order valence-corrected chi connectivity index (χ3v) is 3.94. The van der Waals surface area contributed by atoms with Crippen LogP contribution in [0.1, 0.15) is 10.5 Å². The fourth-order valence-electron chi connectivity index (χ4n) is 1.88. The van der Waals surface area contributed by atoms with Gasteiger partial charge in [0.1, 0.15) is 17.2 Å². The molecular formula is C14H7Cl3FN3O. The summed E-state index contributed by atoms with van der Waals surface area (Å²) in [7, 11) is 0. The van der Waals surface area contributed by atoms with Crippen molar-refractivity contribution in [1.29, 1.82) is 0 Å². The van der Waals surface area contributed by atoms with E-state index in [1.807, 2.05) is 0 Å². The summed E-state index contributed by atoms with van der Waals surface area (Å²) in [5, 5.41) is 3.38. The molecule has 0 aliphatic rings. The highest BCUT2D eigenvalue weighted by Gasteiger charge is 2.14. The van der Waals surface area contributed by atoms with Gasteiger partial charge in [-0.25, -0.2) is 9.37 Å². The lowest BCUT2D eigenvalue weighted by atomic mass is 10.3. The van der Waals surface area contributed by atoms with E-state index in [0.717, 1.165) is 0 Å². The SMILES string of the molecule is O=C(Nc1cc(Cl)c(Cl)cc1Cl)c1cn2cc(F)ccc2n1. The fourth-order valence-corrected chi connectivity index (χ4v) is 2.47. The number of hydrogen-bond donors (Lipinski definition) is 1. The van der Waals surface area contributed by atoms with E-state index in [2.05, 4.69) is 10.3 Å². The molecule has 0 aliphatic heterocycles. The molecule has 0 radical (unpaired) electrons. The number of fused-ring (bicyclic) bond motifs is 1. The third-order valence-electron chi connectivity index (χ3n) is 2.91. The molecular weight excluding hydrogens is 352 g/mol. The summed E-state index contributed by atoms with van der Waals surface area (Å²) in [6.07, 6.45) is 2.64. The predicted molar refractivity (Wildman–Crippen MR) is 84.6 cm³/mol. The van der Waals surface area contributed by atoms with Crippen LogP contribution in [0.15, 0.2) is 36.7 Å². The molecule has 3 rings (SSSR count). The second-order valence-electron chi connectivity index (χ2n) is 4.44. The molecule has 0 saturated heterocycles. The number of amides is 1. The number of carbonyl (C=O) groups is 1. The normalized spacial score (nSPS) is 10.9. The number of anilines is 1. The molecule has 0 fully saturated rings. The lowest BCUT2D eigenvalue weighted by Crippen LogP contribution is -2.12. The van der Waals surface area contributed by atoms with Crippen molar-refractivity contribution in [2.45, 2.75) is 0 Å². The average molecular weight is 359 g/mol. The molecule has 0 unspecified atom stereocenters. The number of rotatable bonds is 2. The Morgan fingerprint density at radius 1 is 1.09 bits per heavy atom. The second-order valence-corrected chi connectivity index (χ2v) is 5.66. The first kappa shape index (κ1) is 15.1. The quantitative estimate of drug-likeness (QED) is 0.676. The summed E-state index contributed by atoms with van der Waals surface area (Å²) in [5.41, 5.74) is 0.879. The summed E-state index contributed by atoms with van der Waals surface area (Å²) in [4.78, 5) is 16.3. The molecule has 1 N–H and O–H groups in total. The Hall–Kier alpha value is -1.82. The van der Waals surface area contributed by atoms with Gasteiger partial charge in [0.05, 0.1) is 20.8 Å². The van der Waals surface area contributed by atoms with Gasteiger partial charge in [0.2, 0.25) is 0 Å². The van der Waals surface area contributed by atoms with Crippen LogP contribution >= 0.6 is 34.8 Å². The van der Waals surface area contributed by atoms with Crippen LogP contribution < -0.4 is 5.32 Å². The molecule has 0 spiro atoms. The maximum absolute atomic E-state index is 13.1. The summed E-state index contributed by atoms with van der Waals surface area (Å²) < 4.78 is 14.6. The first-order valence-electron chi connectivity index (χ1n) is 6.04. The van der Waals surface area contributed by atoms with Gasteiger partial charge < -0.3 is 9.72 Å². The zero-order valence-electron chi connectivity index (χ0n) is 10.8. The molecule has 1 amide bonds. The summed E-state index contributed by atoms with van der Waals surface area (Å²) >= 11 is 17.7. The second kappa shape index (κ2) is 5.76. The number of benzene rings is 1. The van der Waals surface area contributed by atoms with Crippen molar-refractivity contribution in [3.8, 4) is 0 Å². The van der Waals surface area contributed by atoms with Crippen LogP contribution in [0.25, 0.3) is 5.65 Å². The topological polar surface area (TPSA) is 46.4 Å². The van der Waals surface area contributed by atoms with Crippen LogP contribution in [0.2, 0.25) is 15.1 Å². The van der Waals surface area contributed by atoms with E-state index in [1.54, 1.807) is 0 Å². The lowest BCUT2D eigenvalue weighted by Gasteiger charge is -2.07. The third kappa shape index (κ3) is 2.88. The van der Waals surface area contributed by atoms with Crippen LogP contribution in [0.3, 0.4) is 0 Å². The van der Waals surface area contributed by atoms with Crippen molar-refractivity contribution in [3.05, 3.63) is 63.2 Å². The van der Waals surface area contributed by atoms with Gasteiger partial charge in [0.15, 0.2) is 0 Å². The molecule has 8 heteroatoms. The molecule has 0 atom stereocenters. The van der Waals surface area contributed by atoms with Gasteiger partial charge in [-0.3, -0.25) is 4.79 Å². The van der Waals surface area contributed by atoms with Crippen LogP contribution in [0.4, 0.5) is 10.1 Å². The standard InChI is InChI=1S/C14H7Cl3FN3O/c15-8-3-10(17)11(4-9(8)16)20-14(22)12-6-21-5-7(18)1-2-13(21)19-12/h1-6H,(H,20,22). The van der Waals surface area contributed by atoms with Gasteiger partial charge in [-0.2, -0.15) is 0 Å². The minimum absolute atomic E-state index is 0.118. The van der Waals surface area contributed by atoms with E-state index in [9.17, 15) is 9.18 Å². The number of imidazole rings is 1. The smallest absolute Gasteiger partial charge is 0.275 e. The van der Waals surface area contributed by atoms with Gasteiger partial charge in [-0.15, -0.1) is 0 Å². The minimum atomic E-state index is -0.496. The van der Waals surface area contributed by atoms with Crippen molar-refractivity contribution >= 4 is 52.0 Å². The largest absolute Gasteiger partial charge is 0.319 e. The van der Waals surface area contributed by atoms with E-state index in [0.29, 0.717) is 11.3 Å². The van der Waals surface area contributed by atoms with E-state index in [-0.39, 0.29) is 20.8 Å². The van der Waals surface area contributed by atoms with Crippen LogP contribution in [-0.4, -0.2) is 15.3 Å². The lowest BCUT2D eigenvalue weighted by molar-refractivity contribution is 0.102. The zero-order valence-corrected chi connectivity index (χ0v) is 13.0. The van der Waals surface area contributed by atoms with Crippen molar-refractivity contribution in [3.63, 3.8) is 0 Å². The summed E-state index contributed by atoms with van der Waals surface area (Å²) in [6.45, 7) is 0. The summed E-state index contributed by atoms with van der Waals surface area (Å²) in [6, 6.07) is 5.61. The monoisotopic (exact) mass is 357 g/mol. The van der Waals surface area contributed by atoms with E-state index in [4.69, 9.17) is 34.8 Å². The molecule has 2 aromatic heterocycles. The van der Waals surface area contributed by atoms with Crippen LogP contribution in [0, 0.1) is 5.82 Å². The Morgan fingerprint density at radius 3 is 2.59 bits per heavy atom. The fraction of sp³-hybridized carbons (Fsp3) is 0. The molecule has 0 saturated carbocycles. The van der Waals surface area contributed by atoms with Gasteiger partial charge in [0, 0.05) is 12.4 Å². The molecule has 2 heterocycles. The first-order valence-corrected chi connectivity index (χ1v) is 7.17. The predicted octanol–water partition coefficient (Wildman–Crippen LogP) is 4.69. The van der Waals surface area contributed by atoms with E-state index < -0.39 is 11.7 Å². The Balaban J connectivity index is 1.91. The number of halogens is 4. The van der Waals surface area contributed by atoms with Crippen molar-refractivity contribution in [1.82, 2.24) is 9.38 Å². The van der Waals surface area contributed by atoms with Crippen LogP contribution in [-0.2, 0) is 0 Å². The van der Waals surface area contributed by atoms with Gasteiger partial charge >= 0.3 is 0 Å². The summed E-state index contributed by atoms with van der Waals surface area (Å²) in [5.74, 6) is -0.922. The number of hydrogen-bond acceptors (Lipinski definition) is 2. The number of nitrogens with zero attached hydrogens (tertiary/aromatic N) is 2. The number of nitrogens with one attached hydrogen (secondary N) is 1. The first-order chi connectivity index (χ1) is 10.4. The number of pyridine rings is 1. The van der Waals surface area contributed by atoms with E-state index in [1.165, 1.54) is 41.1 Å². The number of carbonyl (C=O) groups excluding carboxylic acids is 1. The molecule has 0 aliphatic carbocycles. The molecule has 3 aromatic rings. The molecule has 112 valence electrons. The maximum Gasteiger partial charge on any atom is 0.275 e. The van der Waals surface area contributed by atoms with Gasteiger partial charge in [-0.05, 0) is 24.3 Å². The van der Waals surface area contributed by atoms with Crippen molar-refractivity contribution in [2.75, 3.05) is 5.32 Å². The zero-order chi connectivity index (χ0) is 15.9. The highest BCUT2D eigenvalue weighted by atomic mass is 35.5. The Labute approximate surface area is 139 Å². The highest BCUT2D eigenvalue weighted by Crippen LogP contribution is 2.32. The van der Waals surface area contributed by atoms with Gasteiger partial charge in [-0.1, -0.05) is 34.8 Å². The Morgan fingerprint density at radius 2 is 1.82 bits per heavy atom. The highest BCUT2D eigenvalue weighted by molar-refractivity contribution is 6.44. The van der Waals surface area contributed by atoms with Crippen molar-refractivity contribution in [2.24, 2.45) is 0 Å². The van der Waals surface area contributed by atoms with E-state index >= 15 is 0 Å². The van der Waals surface area contributed by atoms with Gasteiger partial charge in [0.25, 0.3) is 5.91 Å². The maximum atomic E-state index is 13.1.